The number of aliphatic carboxylic acids is 2. The van der Waals surface area contributed by atoms with Gasteiger partial charge in [-0.25, -0.2) is 4.79 Å². The van der Waals surface area contributed by atoms with Crippen molar-refractivity contribution < 1.29 is 29.4 Å². The maximum atomic E-state index is 12.5. The third kappa shape index (κ3) is 11.2. The Morgan fingerprint density at radius 1 is 0.778 bits per heavy atom. The first-order valence-electron chi connectivity index (χ1n) is 8.94. The quantitative estimate of drug-likeness (QED) is 0.156. The van der Waals surface area contributed by atoms with Crippen LogP contribution in [0.15, 0.2) is 0 Å². The van der Waals surface area contributed by atoms with Crippen molar-refractivity contribution in [3.05, 3.63) is 0 Å². The monoisotopic (exact) mass is 389 g/mol. The van der Waals surface area contributed by atoms with Crippen LogP contribution < -0.4 is 27.8 Å². The van der Waals surface area contributed by atoms with Gasteiger partial charge in [0.1, 0.15) is 12.1 Å². The van der Waals surface area contributed by atoms with Gasteiger partial charge in [0.25, 0.3) is 0 Å². The van der Waals surface area contributed by atoms with E-state index in [2.05, 4.69) is 10.6 Å². The normalized spacial score (nSPS) is 14.0. The van der Waals surface area contributed by atoms with E-state index in [1.165, 1.54) is 0 Å². The Kier molecular flexibility index (Phi) is 12.7. The molecule has 0 spiro atoms. The predicted octanol–water partition coefficient (Wildman–Crippen LogP) is -1.90. The van der Waals surface area contributed by atoms with Crippen LogP contribution in [0.2, 0.25) is 0 Å². The van der Waals surface area contributed by atoms with Crippen LogP contribution in [0, 0.1) is 0 Å². The van der Waals surface area contributed by atoms with E-state index >= 15 is 0 Å². The van der Waals surface area contributed by atoms with Crippen molar-refractivity contribution in [1.82, 2.24) is 10.6 Å². The van der Waals surface area contributed by atoms with Gasteiger partial charge >= 0.3 is 11.9 Å². The summed E-state index contributed by atoms with van der Waals surface area (Å²) < 4.78 is 0. The highest BCUT2D eigenvalue weighted by atomic mass is 16.4. The van der Waals surface area contributed by atoms with Crippen molar-refractivity contribution in [2.24, 2.45) is 17.2 Å². The van der Waals surface area contributed by atoms with E-state index < -0.39 is 48.3 Å². The highest BCUT2D eigenvalue weighted by Gasteiger charge is 2.28. The third-order valence-corrected chi connectivity index (χ3v) is 3.87. The first-order chi connectivity index (χ1) is 12.7. The lowest BCUT2D eigenvalue weighted by molar-refractivity contribution is -0.143. The summed E-state index contributed by atoms with van der Waals surface area (Å²) >= 11 is 0. The number of nitrogens with two attached hydrogens (primary N) is 3. The maximum Gasteiger partial charge on any atom is 0.326 e. The first kappa shape index (κ1) is 24.8. The molecule has 2 amide bonds. The second-order valence-electron chi connectivity index (χ2n) is 6.23. The van der Waals surface area contributed by atoms with E-state index in [0.717, 1.165) is 0 Å². The van der Waals surface area contributed by atoms with Gasteiger partial charge in [-0.2, -0.15) is 0 Å². The van der Waals surface area contributed by atoms with Crippen LogP contribution in [-0.2, 0) is 19.2 Å². The average Bonchev–Trinajstić information content (AvgIpc) is 2.59. The number of amides is 2. The van der Waals surface area contributed by atoms with Crippen LogP contribution in [0.25, 0.3) is 0 Å². The molecular weight excluding hydrogens is 358 g/mol. The minimum absolute atomic E-state index is 0.209. The highest BCUT2D eigenvalue weighted by molar-refractivity contribution is 5.92. The minimum Gasteiger partial charge on any atom is -0.481 e. The van der Waals surface area contributed by atoms with E-state index in [0.29, 0.717) is 38.8 Å². The third-order valence-electron chi connectivity index (χ3n) is 3.87. The molecule has 0 saturated carbocycles. The van der Waals surface area contributed by atoms with E-state index in [-0.39, 0.29) is 12.8 Å². The number of nitrogens with one attached hydrogen (secondary N) is 2. The van der Waals surface area contributed by atoms with Gasteiger partial charge in [0.15, 0.2) is 0 Å². The Labute approximate surface area is 158 Å². The van der Waals surface area contributed by atoms with Crippen LogP contribution in [0.4, 0.5) is 0 Å². The van der Waals surface area contributed by atoms with E-state index in [4.69, 9.17) is 22.3 Å². The predicted molar refractivity (Wildman–Crippen MR) is 97.5 cm³/mol. The molecule has 0 saturated heterocycles. The van der Waals surface area contributed by atoms with Gasteiger partial charge in [-0.15, -0.1) is 0 Å². The standard InChI is InChI=1S/C16H31N5O6/c17-7-3-1-5-11(20-14(24)10(19)9-13(22)23)15(25)21-12(16(26)27)6-2-4-8-18/h10-12H,1-9,17-19H2,(H,20,24)(H,21,25)(H,22,23)(H,26,27)/t10-,11-,12-/m0/s1. The molecule has 0 aromatic heterocycles. The summed E-state index contributed by atoms with van der Waals surface area (Å²) in [6.07, 6.45) is 2.14. The molecule has 0 aromatic rings. The van der Waals surface area contributed by atoms with Crippen molar-refractivity contribution in [2.75, 3.05) is 13.1 Å². The molecule has 0 fully saturated rings. The van der Waals surface area contributed by atoms with Crippen molar-refractivity contribution in [3.8, 4) is 0 Å². The van der Waals surface area contributed by atoms with Crippen molar-refractivity contribution in [3.63, 3.8) is 0 Å². The summed E-state index contributed by atoms with van der Waals surface area (Å²) in [4.78, 5) is 46.5. The van der Waals surface area contributed by atoms with E-state index in [9.17, 15) is 24.3 Å². The number of rotatable bonds is 15. The summed E-state index contributed by atoms with van der Waals surface area (Å²) in [5, 5.41) is 22.8. The van der Waals surface area contributed by atoms with Crippen molar-refractivity contribution in [2.45, 2.75) is 63.1 Å². The van der Waals surface area contributed by atoms with Gasteiger partial charge in [-0.05, 0) is 51.6 Å². The zero-order valence-corrected chi connectivity index (χ0v) is 15.4. The van der Waals surface area contributed by atoms with Crippen LogP contribution in [0.1, 0.15) is 44.9 Å². The molecule has 0 aliphatic heterocycles. The second-order valence-corrected chi connectivity index (χ2v) is 6.23. The number of carbonyl (C=O) groups is 4. The fourth-order valence-electron chi connectivity index (χ4n) is 2.34. The second kappa shape index (κ2) is 13.9. The fraction of sp³-hybridized carbons (Fsp3) is 0.750. The smallest absolute Gasteiger partial charge is 0.326 e. The molecule has 11 heteroatoms. The molecule has 11 nitrogen and oxygen atoms in total. The molecule has 0 aromatic carbocycles. The van der Waals surface area contributed by atoms with Gasteiger partial charge in [-0.3, -0.25) is 14.4 Å². The summed E-state index contributed by atoms with van der Waals surface area (Å²) in [6.45, 7) is 0.817. The van der Waals surface area contributed by atoms with Gasteiger partial charge in [0.05, 0.1) is 12.5 Å². The number of hydrogen-bond acceptors (Lipinski definition) is 7. The molecule has 0 bridgehead atoms. The molecule has 10 N–H and O–H groups in total. The molecular formula is C16H31N5O6. The number of carbonyl (C=O) groups excluding carboxylic acids is 2. The molecule has 0 aliphatic rings. The summed E-state index contributed by atoms with van der Waals surface area (Å²) in [5.41, 5.74) is 16.3. The Bertz CT molecular complexity index is 502. The Hall–Kier alpha value is -2.24. The van der Waals surface area contributed by atoms with E-state index in [1.807, 2.05) is 0 Å². The van der Waals surface area contributed by atoms with Crippen LogP contribution in [-0.4, -0.2) is 65.2 Å². The average molecular weight is 389 g/mol. The van der Waals surface area contributed by atoms with Crippen LogP contribution in [0.5, 0.6) is 0 Å². The van der Waals surface area contributed by atoms with E-state index in [1.54, 1.807) is 0 Å². The van der Waals surface area contributed by atoms with Crippen LogP contribution >= 0.6 is 0 Å². The molecule has 0 heterocycles. The molecule has 156 valence electrons. The van der Waals surface area contributed by atoms with Crippen molar-refractivity contribution >= 4 is 23.8 Å². The maximum absolute atomic E-state index is 12.5. The molecule has 0 aliphatic carbocycles. The molecule has 27 heavy (non-hydrogen) atoms. The van der Waals surface area contributed by atoms with Gasteiger partial charge < -0.3 is 38.0 Å². The zero-order chi connectivity index (χ0) is 20.8. The number of carboxylic acids is 2. The lowest BCUT2D eigenvalue weighted by atomic mass is 10.1. The molecule has 0 radical (unpaired) electrons. The largest absolute Gasteiger partial charge is 0.481 e. The lowest BCUT2D eigenvalue weighted by Crippen LogP contribution is -2.54. The lowest BCUT2D eigenvalue weighted by Gasteiger charge is -2.22. The SMILES string of the molecule is NCCCC[C@H](NC(=O)[C@H](CCCCN)NC(=O)[C@@H](N)CC(=O)O)C(=O)O. The summed E-state index contributed by atoms with van der Waals surface area (Å²) in [5.74, 6) is -3.88. The van der Waals surface area contributed by atoms with Gasteiger partial charge in [-0.1, -0.05) is 0 Å². The number of unbranched alkanes of at least 4 members (excludes halogenated alkanes) is 2. The summed E-state index contributed by atoms with van der Waals surface area (Å²) in [6, 6.07) is -3.45. The highest BCUT2D eigenvalue weighted by Crippen LogP contribution is 2.06. The molecule has 3 atom stereocenters. The Morgan fingerprint density at radius 2 is 1.26 bits per heavy atom. The van der Waals surface area contributed by atoms with Gasteiger partial charge in [0, 0.05) is 0 Å². The van der Waals surface area contributed by atoms with Gasteiger partial charge in [0.2, 0.25) is 11.8 Å². The topological polar surface area (TPSA) is 211 Å². The van der Waals surface area contributed by atoms with Crippen molar-refractivity contribution in [1.29, 1.82) is 0 Å². The number of hydrogen-bond donors (Lipinski definition) is 7. The number of carboxylic acid groups (broad SMARTS) is 2. The first-order valence-corrected chi connectivity index (χ1v) is 8.94. The Morgan fingerprint density at radius 3 is 1.70 bits per heavy atom. The molecule has 0 rings (SSSR count). The Balaban J connectivity index is 4.96. The molecule has 0 unspecified atom stereocenters. The van der Waals surface area contributed by atoms with Crippen LogP contribution in [0.3, 0.4) is 0 Å². The fourth-order valence-corrected chi connectivity index (χ4v) is 2.34. The summed E-state index contributed by atoms with van der Waals surface area (Å²) in [7, 11) is 0. The zero-order valence-electron chi connectivity index (χ0n) is 15.4. The minimum atomic E-state index is -1.31.